The Labute approximate surface area is 128 Å². The Morgan fingerprint density at radius 2 is 1.68 bits per heavy atom. The molecule has 22 heavy (non-hydrogen) atoms. The van der Waals surface area contributed by atoms with E-state index < -0.39 is 0 Å². The molecular weight excluding hydrogens is 287 g/mol. The van der Waals surface area contributed by atoms with E-state index >= 15 is 0 Å². The Kier molecular flexibility index (Phi) is 5.63. The van der Waals surface area contributed by atoms with Crippen molar-refractivity contribution in [1.82, 2.24) is 4.90 Å². The average molecular weight is 306 g/mol. The third-order valence-corrected chi connectivity index (χ3v) is 3.57. The number of benzene rings is 1. The maximum atomic E-state index is 12.7. The zero-order chi connectivity index (χ0) is 15.9. The van der Waals surface area contributed by atoms with Gasteiger partial charge in [-0.05, 0) is 37.1 Å². The Hall–Kier alpha value is -2.24. The maximum Gasteiger partial charge on any atom is 0.229 e. The largest absolute Gasteiger partial charge is 0.326 e. The standard InChI is InChI=1S/C16H19FN2O3/c17-12-5-7-13(8-6-12)18-14(20)4-2-1-3-11-19-15(21)9-10-16(19)22/h5-8H,1-4,9-11H2,(H,18,20). The van der Waals surface area contributed by atoms with E-state index in [0.29, 0.717) is 44.3 Å². The van der Waals surface area contributed by atoms with Crippen molar-refractivity contribution < 1.29 is 18.8 Å². The van der Waals surface area contributed by atoms with Crippen LogP contribution in [-0.4, -0.2) is 29.2 Å². The molecule has 0 unspecified atom stereocenters. The van der Waals surface area contributed by atoms with Crippen molar-refractivity contribution in [3.05, 3.63) is 30.1 Å². The Morgan fingerprint density at radius 1 is 1.05 bits per heavy atom. The molecule has 5 nitrogen and oxygen atoms in total. The van der Waals surface area contributed by atoms with Gasteiger partial charge in [0.2, 0.25) is 17.7 Å². The molecule has 6 heteroatoms. The predicted molar refractivity (Wildman–Crippen MR) is 79.5 cm³/mol. The first kappa shape index (κ1) is 16.1. The van der Waals surface area contributed by atoms with Gasteiger partial charge in [0, 0.05) is 31.5 Å². The second-order valence-electron chi connectivity index (χ2n) is 5.30. The second kappa shape index (κ2) is 7.68. The lowest BCUT2D eigenvalue weighted by atomic mass is 10.1. The number of hydrogen-bond acceptors (Lipinski definition) is 3. The maximum absolute atomic E-state index is 12.7. The van der Waals surface area contributed by atoms with Gasteiger partial charge in [-0.15, -0.1) is 0 Å². The lowest BCUT2D eigenvalue weighted by Crippen LogP contribution is -2.29. The lowest BCUT2D eigenvalue weighted by molar-refractivity contribution is -0.138. The van der Waals surface area contributed by atoms with E-state index in [0.717, 1.165) is 6.42 Å². The molecule has 1 aliphatic rings. The summed E-state index contributed by atoms with van der Waals surface area (Å²) < 4.78 is 12.7. The highest BCUT2D eigenvalue weighted by molar-refractivity contribution is 6.01. The van der Waals surface area contributed by atoms with Gasteiger partial charge in [0.05, 0.1) is 0 Å². The molecule has 1 aromatic rings. The number of carbonyl (C=O) groups excluding carboxylic acids is 3. The van der Waals surface area contributed by atoms with Crippen LogP contribution < -0.4 is 5.32 Å². The number of imide groups is 1. The molecule has 1 heterocycles. The molecule has 1 saturated heterocycles. The van der Waals surface area contributed by atoms with E-state index in [1.54, 1.807) is 0 Å². The van der Waals surface area contributed by atoms with Crippen LogP contribution in [0.25, 0.3) is 0 Å². The summed E-state index contributed by atoms with van der Waals surface area (Å²) in [5, 5.41) is 2.69. The van der Waals surface area contributed by atoms with E-state index in [9.17, 15) is 18.8 Å². The molecule has 0 aliphatic carbocycles. The predicted octanol–water partition coefficient (Wildman–Crippen LogP) is 2.47. The van der Waals surface area contributed by atoms with E-state index in [1.807, 2.05) is 0 Å². The Balaban J connectivity index is 1.60. The van der Waals surface area contributed by atoms with Gasteiger partial charge >= 0.3 is 0 Å². The van der Waals surface area contributed by atoms with Crippen molar-refractivity contribution in [1.29, 1.82) is 0 Å². The van der Waals surface area contributed by atoms with E-state index in [1.165, 1.54) is 29.2 Å². The van der Waals surface area contributed by atoms with Crippen molar-refractivity contribution >= 4 is 23.4 Å². The van der Waals surface area contributed by atoms with Crippen LogP contribution in [0.4, 0.5) is 10.1 Å². The van der Waals surface area contributed by atoms with Crippen LogP contribution in [0.2, 0.25) is 0 Å². The van der Waals surface area contributed by atoms with Gasteiger partial charge in [0.1, 0.15) is 5.82 Å². The highest BCUT2D eigenvalue weighted by Gasteiger charge is 2.27. The molecule has 0 atom stereocenters. The van der Waals surface area contributed by atoms with Crippen LogP contribution in [0.1, 0.15) is 38.5 Å². The van der Waals surface area contributed by atoms with E-state index in [-0.39, 0.29) is 23.5 Å². The van der Waals surface area contributed by atoms with Crippen molar-refractivity contribution in [2.45, 2.75) is 38.5 Å². The van der Waals surface area contributed by atoms with Crippen LogP contribution in [-0.2, 0) is 14.4 Å². The van der Waals surface area contributed by atoms with Gasteiger partial charge in [0.25, 0.3) is 0 Å². The first-order valence-electron chi connectivity index (χ1n) is 7.45. The van der Waals surface area contributed by atoms with Crippen molar-refractivity contribution in [2.75, 3.05) is 11.9 Å². The normalized spacial score (nSPS) is 14.5. The van der Waals surface area contributed by atoms with Gasteiger partial charge in [-0.1, -0.05) is 6.42 Å². The molecule has 1 fully saturated rings. The molecule has 118 valence electrons. The van der Waals surface area contributed by atoms with Gasteiger partial charge in [-0.25, -0.2) is 4.39 Å². The Bertz CT molecular complexity index is 541. The van der Waals surface area contributed by atoms with Crippen LogP contribution in [0.5, 0.6) is 0 Å². The molecule has 0 bridgehead atoms. The van der Waals surface area contributed by atoms with Crippen molar-refractivity contribution in [3.63, 3.8) is 0 Å². The SMILES string of the molecule is O=C(CCCCCN1C(=O)CCC1=O)Nc1ccc(F)cc1. The monoisotopic (exact) mass is 306 g/mol. The summed E-state index contributed by atoms with van der Waals surface area (Å²) in [4.78, 5) is 35.8. The number of anilines is 1. The second-order valence-corrected chi connectivity index (χ2v) is 5.30. The summed E-state index contributed by atoms with van der Waals surface area (Å²) in [6, 6.07) is 5.61. The number of nitrogens with zero attached hydrogens (tertiary/aromatic N) is 1. The van der Waals surface area contributed by atoms with Crippen LogP contribution in [0.15, 0.2) is 24.3 Å². The smallest absolute Gasteiger partial charge is 0.229 e. The molecule has 0 radical (unpaired) electrons. The molecule has 0 aromatic heterocycles. The fourth-order valence-electron chi connectivity index (χ4n) is 2.36. The minimum absolute atomic E-state index is 0.0981. The summed E-state index contributed by atoms with van der Waals surface area (Å²) >= 11 is 0. The van der Waals surface area contributed by atoms with Gasteiger partial charge < -0.3 is 5.32 Å². The number of halogens is 1. The minimum Gasteiger partial charge on any atom is -0.326 e. The number of nitrogens with one attached hydrogen (secondary N) is 1. The fourth-order valence-corrected chi connectivity index (χ4v) is 2.36. The molecule has 0 spiro atoms. The van der Waals surface area contributed by atoms with Gasteiger partial charge in [-0.3, -0.25) is 19.3 Å². The molecule has 0 saturated carbocycles. The topological polar surface area (TPSA) is 66.5 Å². The molecule has 1 aromatic carbocycles. The summed E-state index contributed by atoms with van der Waals surface area (Å²) in [5.41, 5.74) is 0.569. The molecule has 2 rings (SSSR count). The van der Waals surface area contributed by atoms with Crippen molar-refractivity contribution in [2.24, 2.45) is 0 Å². The molecule has 1 N–H and O–H groups in total. The third kappa shape index (κ3) is 4.65. The number of amides is 3. The minimum atomic E-state index is -0.344. The Morgan fingerprint density at radius 3 is 2.32 bits per heavy atom. The first-order valence-corrected chi connectivity index (χ1v) is 7.45. The number of unbranched alkanes of at least 4 members (excludes halogenated alkanes) is 2. The number of rotatable bonds is 7. The number of carbonyl (C=O) groups is 3. The third-order valence-electron chi connectivity index (χ3n) is 3.57. The summed E-state index contributed by atoms with van der Waals surface area (Å²) in [5.74, 6) is -0.665. The van der Waals surface area contributed by atoms with E-state index in [2.05, 4.69) is 5.32 Å². The highest BCUT2D eigenvalue weighted by atomic mass is 19.1. The zero-order valence-electron chi connectivity index (χ0n) is 12.3. The summed E-state index contributed by atoms with van der Waals surface area (Å²) in [6.07, 6.45) is 3.16. The number of likely N-dealkylation sites (tertiary alicyclic amines) is 1. The first-order chi connectivity index (χ1) is 10.6. The average Bonchev–Trinajstić information content (AvgIpc) is 2.81. The summed E-state index contributed by atoms with van der Waals surface area (Å²) in [6.45, 7) is 0.442. The zero-order valence-corrected chi connectivity index (χ0v) is 12.3. The molecule has 1 aliphatic heterocycles. The fraction of sp³-hybridized carbons (Fsp3) is 0.438. The molecular formula is C16H19FN2O3. The van der Waals surface area contributed by atoms with Crippen LogP contribution >= 0.6 is 0 Å². The summed E-state index contributed by atoms with van der Waals surface area (Å²) in [7, 11) is 0. The lowest BCUT2D eigenvalue weighted by Gasteiger charge is -2.13. The quantitative estimate of drug-likeness (QED) is 0.621. The van der Waals surface area contributed by atoms with Crippen LogP contribution in [0, 0.1) is 5.82 Å². The number of hydrogen-bond donors (Lipinski definition) is 1. The highest BCUT2D eigenvalue weighted by Crippen LogP contribution is 2.14. The molecule has 3 amide bonds. The van der Waals surface area contributed by atoms with Crippen molar-refractivity contribution in [3.8, 4) is 0 Å². The van der Waals surface area contributed by atoms with Gasteiger partial charge in [-0.2, -0.15) is 0 Å². The van der Waals surface area contributed by atoms with Crippen LogP contribution in [0.3, 0.4) is 0 Å². The van der Waals surface area contributed by atoms with E-state index in [4.69, 9.17) is 0 Å². The van der Waals surface area contributed by atoms with Gasteiger partial charge in [0.15, 0.2) is 0 Å².